The van der Waals surface area contributed by atoms with Gasteiger partial charge in [-0.3, -0.25) is 4.68 Å². The molecule has 0 saturated heterocycles. The number of hydrogen-bond donors (Lipinski definition) is 1. The Kier molecular flexibility index (Phi) is 3.88. The predicted octanol–water partition coefficient (Wildman–Crippen LogP) is 3.83. The van der Waals surface area contributed by atoms with Crippen molar-refractivity contribution >= 4 is 5.69 Å². The third kappa shape index (κ3) is 2.78. The molecule has 3 nitrogen and oxygen atoms in total. The van der Waals surface area contributed by atoms with Crippen molar-refractivity contribution < 1.29 is 4.39 Å². The molecule has 0 aliphatic carbocycles. The molecule has 0 aliphatic rings. The van der Waals surface area contributed by atoms with E-state index in [-0.39, 0.29) is 11.9 Å². The van der Waals surface area contributed by atoms with Gasteiger partial charge in [-0.25, -0.2) is 4.39 Å². The topological polar surface area (TPSA) is 29.9 Å². The first-order chi connectivity index (χ1) is 9.02. The van der Waals surface area contributed by atoms with Crippen LogP contribution >= 0.6 is 0 Å². The minimum Gasteiger partial charge on any atom is -0.378 e. The third-order valence-corrected chi connectivity index (χ3v) is 3.38. The molecule has 1 atom stereocenters. The second-order valence-electron chi connectivity index (χ2n) is 4.78. The first-order valence-corrected chi connectivity index (χ1v) is 6.59. The molecule has 1 aromatic carbocycles. The predicted molar refractivity (Wildman–Crippen MR) is 75.8 cm³/mol. The van der Waals surface area contributed by atoms with E-state index in [4.69, 9.17) is 0 Å². The maximum atomic E-state index is 13.2. The van der Waals surface area contributed by atoms with Crippen molar-refractivity contribution in [2.45, 2.75) is 40.3 Å². The lowest BCUT2D eigenvalue weighted by molar-refractivity contribution is 0.627. The van der Waals surface area contributed by atoms with Gasteiger partial charge in [0.25, 0.3) is 0 Å². The Morgan fingerprint density at radius 3 is 2.68 bits per heavy atom. The zero-order chi connectivity index (χ0) is 14.0. The summed E-state index contributed by atoms with van der Waals surface area (Å²) in [7, 11) is 0. The smallest absolute Gasteiger partial charge is 0.125 e. The molecule has 19 heavy (non-hydrogen) atoms. The van der Waals surface area contributed by atoms with E-state index >= 15 is 0 Å². The van der Waals surface area contributed by atoms with E-state index in [1.54, 1.807) is 6.07 Å². The minimum atomic E-state index is -0.227. The highest BCUT2D eigenvalue weighted by Crippen LogP contribution is 2.25. The highest BCUT2D eigenvalue weighted by atomic mass is 19.1. The van der Waals surface area contributed by atoms with Crippen LogP contribution in [0.5, 0.6) is 0 Å². The van der Waals surface area contributed by atoms with Crippen LogP contribution in [0.2, 0.25) is 0 Å². The maximum absolute atomic E-state index is 13.2. The van der Waals surface area contributed by atoms with Crippen LogP contribution in [0.4, 0.5) is 10.1 Å². The summed E-state index contributed by atoms with van der Waals surface area (Å²) < 4.78 is 15.2. The molecule has 1 N–H and O–H groups in total. The van der Waals surface area contributed by atoms with E-state index in [0.717, 1.165) is 23.6 Å². The average molecular weight is 261 g/mol. The molecule has 1 aromatic heterocycles. The fraction of sp³-hybridized carbons (Fsp3) is 0.400. The molecule has 0 aliphatic heterocycles. The molecule has 2 aromatic rings. The lowest BCUT2D eigenvalue weighted by Gasteiger charge is -2.16. The van der Waals surface area contributed by atoms with Gasteiger partial charge in [-0.2, -0.15) is 5.10 Å². The summed E-state index contributed by atoms with van der Waals surface area (Å²) >= 11 is 0. The molecule has 0 fully saturated rings. The van der Waals surface area contributed by atoms with Crippen LogP contribution in [0.25, 0.3) is 0 Å². The lowest BCUT2D eigenvalue weighted by Crippen LogP contribution is -2.09. The van der Waals surface area contributed by atoms with Gasteiger partial charge in [0.05, 0.1) is 11.7 Å². The first-order valence-electron chi connectivity index (χ1n) is 6.59. The van der Waals surface area contributed by atoms with Crippen molar-refractivity contribution in [3.05, 3.63) is 47.0 Å². The van der Waals surface area contributed by atoms with E-state index in [0.29, 0.717) is 0 Å². The van der Waals surface area contributed by atoms with Gasteiger partial charge in [-0.1, -0.05) is 6.07 Å². The van der Waals surface area contributed by atoms with Crippen molar-refractivity contribution in [1.82, 2.24) is 9.78 Å². The van der Waals surface area contributed by atoms with Gasteiger partial charge in [0.15, 0.2) is 0 Å². The minimum absolute atomic E-state index is 0.0992. The lowest BCUT2D eigenvalue weighted by atomic mass is 10.1. The maximum Gasteiger partial charge on any atom is 0.125 e. The number of anilines is 1. The van der Waals surface area contributed by atoms with Crippen molar-refractivity contribution in [2.75, 3.05) is 5.32 Å². The number of benzene rings is 1. The number of halogens is 1. The largest absolute Gasteiger partial charge is 0.378 e. The van der Waals surface area contributed by atoms with Gasteiger partial charge >= 0.3 is 0 Å². The molecule has 2 rings (SSSR count). The Morgan fingerprint density at radius 1 is 1.37 bits per heavy atom. The Bertz CT molecular complexity index is 575. The van der Waals surface area contributed by atoms with Crippen molar-refractivity contribution in [3.8, 4) is 0 Å². The quantitative estimate of drug-likeness (QED) is 0.906. The molecule has 0 amide bonds. The summed E-state index contributed by atoms with van der Waals surface area (Å²) in [6.07, 6.45) is 0. The van der Waals surface area contributed by atoms with Crippen LogP contribution < -0.4 is 5.32 Å². The molecule has 0 spiro atoms. The number of rotatable bonds is 4. The monoisotopic (exact) mass is 261 g/mol. The van der Waals surface area contributed by atoms with Crippen LogP contribution in [0.1, 0.15) is 36.8 Å². The number of aromatic nitrogens is 2. The van der Waals surface area contributed by atoms with E-state index in [1.165, 1.54) is 17.7 Å². The van der Waals surface area contributed by atoms with Gasteiger partial charge < -0.3 is 5.32 Å². The summed E-state index contributed by atoms with van der Waals surface area (Å²) in [6, 6.07) is 6.63. The van der Waals surface area contributed by atoms with Crippen LogP contribution in [-0.4, -0.2) is 9.78 Å². The highest BCUT2D eigenvalue weighted by Gasteiger charge is 2.16. The highest BCUT2D eigenvalue weighted by molar-refractivity contribution is 5.46. The van der Waals surface area contributed by atoms with Gasteiger partial charge in [0.2, 0.25) is 0 Å². The molecule has 0 bridgehead atoms. The second kappa shape index (κ2) is 5.43. The van der Waals surface area contributed by atoms with E-state index < -0.39 is 0 Å². The summed E-state index contributed by atoms with van der Waals surface area (Å²) in [6.45, 7) is 9.09. The normalized spacial score (nSPS) is 12.5. The summed E-state index contributed by atoms with van der Waals surface area (Å²) in [5.41, 5.74) is 4.16. The van der Waals surface area contributed by atoms with Gasteiger partial charge in [-0.15, -0.1) is 0 Å². The molecular weight excluding hydrogens is 241 g/mol. The molecule has 102 valence electrons. The Balaban J connectivity index is 2.25. The van der Waals surface area contributed by atoms with E-state index in [2.05, 4.69) is 31.2 Å². The third-order valence-electron chi connectivity index (χ3n) is 3.38. The summed E-state index contributed by atoms with van der Waals surface area (Å²) in [5.74, 6) is -0.227. The Morgan fingerprint density at radius 2 is 2.11 bits per heavy atom. The number of nitrogens with zero attached hydrogens (tertiary/aromatic N) is 2. The van der Waals surface area contributed by atoms with Crippen LogP contribution in [0.15, 0.2) is 24.3 Å². The number of hydrogen-bond acceptors (Lipinski definition) is 2. The molecule has 4 heteroatoms. The molecule has 0 radical (unpaired) electrons. The van der Waals surface area contributed by atoms with Crippen molar-refractivity contribution in [3.63, 3.8) is 0 Å². The molecule has 0 saturated carbocycles. The fourth-order valence-corrected chi connectivity index (χ4v) is 2.55. The Labute approximate surface area is 113 Å². The van der Waals surface area contributed by atoms with Crippen LogP contribution in [0.3, 0.4) is 0 Å². The van der Waals surface area contributed by atoms with Gasteiger partial charge in [-0.05, 0) is 45.9 Å². The van der Waals surface area contributed by atoms with Gasteiger partial charge in [0, 0.05) is 23.5 Å². The van der Waals surface area contributed by atoms with Gasteiger partial charge in [0.1, 0.15) is 5.82 Å². The average Bonchev–Trinajstić information content (AvgIpc) is 2.64. The van der Waals surface area contributed by atoms with E-state index in [9.17, 15) is 4.39 Å². The van der Waals surface area contributed by atoms with E-state index in [1.807, 2.05) is 17.7 Å². The summed E-state index contributed by atoms with van der Waals surface area (Å²) in [4.78, 5) is 0. The Hall–Kier alpha value is -1.84. The molecule has 1 heterocycles. The van der Waals surface area contributed by atoms with Crippen molar-refractivity contribution in [1.29, 1.82) is 0 Å². The standard InChI is InChI=1S/C15H20FN3/c1-5-19-12(4)15(11(3)18-19)10(2)17-14-8-6-7-13(16)9-14/h6-10,17H,5H2,1-4H3. The summed E-state index contributed by atoms with van der Waals surface area (Å²) in [5, 5.41) is 7.84. The number of nitrogens with one attached hydrogen (secondary N) is 1. The molecule has 1 unspecified atom stereocenters. The van der Waals surface area contributed by atoms with Crippen LogP contribution in [0, 0.1) is 19.7 Å². The fourth-order valence-electron chi connectivity index (χ4n) is 2.55. The first kappa shape index (κ1) is 13.6. The SMILES string of the molecule is CCn1nc(C)c(C(C)Nc2cccc(F)c2)c1C. The zero-order valence-corrected chi connectivity index (χ0v) is 11.9. The van der Waals surface area contributed by atoms with Crippen LogP contribution in [-0.2, 0) is 6.54 Å². The molecular formula is C15H20FN3. The zero-order valence-electron chi connectivity index (χ0n) is 11.9. The second-order valence-corrected chi connectivity index (χ2v) is 4.78. The van der Waals surface area contributed by atoms with Crippen molar-refractivity contribution in [2.24, 2.45) is 0 Å². The number of aryl methyl sites for hydroxylation is 2.